The van der Waals surface area contributed by atoms with E-state index in [-0.39, 0.29) is 47.8 Å². The molecule has 0 radical (unpaired) electrons. The standard InChI is InChI=1S/C44H50N8O8/c1-19(2)37(49-43(55)57-5)41(53)51-29-9-23(29)11-31(51)39-45-15-27(47-39)21-7-25-17-60-34-14-22(8-26-18-59-33(13-21)35(25)36(26)34)28-16-46-40(48-28)32-12-24-10-30(24)52(32)42(54)38(20(3)4)50-44(56)58-6/h7-8,13-16,19-20,23-24,29-32,37-38H,9-12,17-18H2,1-6H3,(H,45,47)(H,46,48)(H,49,55)(H,50,56)/t23-,24-,29-,30-,31+,32+,37+,38+/m1/s1. The molecule has 16 nitrogen and oxygen atoms in total. The molecule has 4 fully saturated rings. The molecule has 6 heterocycles. The summed E-state index contributed by atoms with van der Waals surface area (Å²) in [5.41, 5.74) is 7.48. The van der Waals surface area contributed by atoms with Crippen molar-refractivity contribution in [3.8, 4) is 45.1 Å². The molecule has 4 amide bonds. The van der Waals surface area contributed by atoms with Crippen LogP contribution in [0.2, 0.25) is 0 Å². The fourth-order valence-corrected chi connectivity index (χ4v) is 10.1. The van der Waals surface area contributed by atoms with E-state index in [0.717, 1.165) is 93.6 Å². The number of methoxy groups -OCH3 is 2. The number of nitrogens with zero attached hydrogens (tertiary/aromatic N) is 4. The molecule has 0 bridgehead atoms. The third-order valence-corrected chi connectivity index (χ3v) is 13.3. The van der Waals surface area contributed by atoms with Gasteiger partial charge < -0.3 is 49.3 Å². The third kappa shape index (κ3) is 6.33. The molecule has 314 valence electrons. The summed E-state index contributed by atoms with van der Waals surface area (Å²) < 4.78 is 22.6. The van der Waals surface area contributed by atoms with Gasteiger partial charge in [0.05, 0.1) is 50.1 Å². The summed E-state index contributed by atoms with van der Waals surface area (Å²) in [5.74, 6) is 3.34. The minimum atomic E-state index is -0.701. The van der Waals surface area contributed by atoms with Crippen LogP contribution in [0.3, 0.4) is 0 Å². The van der Waals surface area contributed by atoms with Crippen molar-refractivity contribution in [1.82, 2.24) is 40.4 Å². The first-order valence-corrected chi connectivity index (χ1v) is 21.0. The van der Waals surface area contributed by atoms with Gasteiger partial charge in [-0.2, -0.15) is 0 Å². The molecule has 10 rings (SSSR count). The number of alkyl carbamates (subject to hydrolysis) is 2. The lowest BCUT2D eigenvalue weighted by atomic mass is 9.87. The predicted octanol–water partition coefficient (Wildman–Crippen LogP) is 6.00. The zero-order valence-electron chi connectivity index (χ0n) is 34.5. The molecule has 2 aromatic carbocycles. The van der Waals surface area contributed by atoms with Crippen molar-refractivity contribution >= 4 is 24.0 Å². The van der Waals surface area contributed by atoms with Gasteiger partial charge in [0, 0.05) is 45.5 Å². The number of amides is 4. The van der Waals surface area contributed by atoms with Crippen LogP contribution in [-0.4, -0.2) is 92.1 Å². The number of benzene rings is 2. The van der Waals surface area contributed by atoms with E-state index in [1.54, 1.807) is 0 Å². The second-order valence-corrected chi connectivity index (χ2v) is 17.8. The maximum absolute atomic E-state index is 13.9. The predicted molar refractivity (Wildman–Crippen MR) is 216 cm³/mol. The van der Waals surface area contributed by atoms with E-state index in [0.29, 0.717) is 25.0 Å². The number of fused-ring (bicyclic) bond motifs is 2. The fourth-order valence-electron chi connectivity index (χ4n) is 10.1. The van der Waals surface area contributed by atoms with Crippen molar-refractivity contribution in [2.24, 2.45) is 23.7 Å². The number of hydrogen-bond acceptors (Lipinski definition) is 10. The van der Waals surface area contributed by atoms with Crippen LogP contribution in [0.25, 0.3) is 33.6 Å². The molecule has 2 aliphatic carbocycles. The van der Waals surface area contributed by atoms with Gasteiger partial charge in [-0.1, -0.05) is 27.7 Å². The number of ether oxygens (including phenoxy) is 4. The second kappa shape index (κ2) is 14.3. The van der Waals surface area contributed by atoms with Gasteiger partial charge in [0.15, 0.2) is 0 Å². The number of rotatable bonds is 10. The van der Waals surface area contributed by atoms with Gasteiger partial charge in [-0.05, 0) is 73.6 Å². The summed E-state index contributed by atoms with van der Waals surface area (Å²) in [4.78, 5) is 72.5. The van der Waals surface area contributed by atoms with E-state index in [1.165, 1.54) is 14.2 Å². The third-order valence-electron chi connectivity index (χ3n) is 13.3. The van der Waals surface area contributed by atoms with E-state index in [1.807, 2.05) is 62.0 Å². The Balaban J connectivity index is 0.888. The average molecular weight is 819 g/mol. The normalized spacial score (nSPS) is 24.7. The lowest BCUT2D eigenvalue weighted by molar-refractivity contribution is -0.137. The van der Waals surface area contributed by atoms with Crippen molar-refractivity contribution in [1.29, 1.82) is 0 Å². The van der Waals surface area contributed by atoms with Gasteiger partial charge in [-0.25, -0.2) is 19.6 Å². The maximum Gasteiger partial charge on any atom is 0.407 e. The molecule has 60 heavy (non-hydrogen) atoms. The number of nitrogens with one attached hydrogen (secondary N) is 4. The number of imidazole rings is 2. The molecule has 6 aliphatic rings. The van der Waals surface area contributed by atoms with Crippen molar-refractivity contribution in [3.63, 3.8) is 0 Å². The van der Waals surface area contributed by atoms with Crippen molar-refractivity contribution < 1.29 is 38.1 Å². The zero-order chi connectivity index (χ0) is 41.7. The van der Waals surface area contributed by atoms with Crippen LogP contribution < -0.4 is 20.1 Å². The fraction of sp³-hybridized carbons (Fsp3) is 0.500. The highest BCUT2D eigenvalue weighted by Gasteiger charge is 2.57. The Bertz CT molecular complexity index is 2210. The summed E-state index contributed by atoms with van der Waals surface area (Å²) in [6.45, 7) is 8.36. The Kier molecular flexibility index (Phi) is 9.09. The largest absolute Gasteiger partial charge is 0.488 e. The topological polar surface area (TPSA) is 193 Å². The van der Waals surface area contributed by atoms with Crippen LogP contribution in [0.4, 0.5) is 9.59 Å². The first-order chi connectivity index (χ1) is 28.9. The molecule has 4 N–H and O–H groups in total. The van der Waals surface area contributed by atoms with Crippen molar-refractivity contribution in [3.05, 3.63) is 59.4 Å². The van der Waals surface area contributed by atoms with E-state index in [9.17, 15) is 19.2 Å². The van der Waals surface area contributed by atoms with E-state index < -0.39 is 24.3 Å². The van der Waals surface area contributed by atoms with Crippen molar-refractivity contribution in [2.45, 2.75) is 103 Å². The molecule has 4 aliphatic heterocycles. The molecule has 2 saturated heterocycles. The van der Waals surface area contributed by atoms with Gasteiger partial charge in [0.1, 0.15) is 48.4 Å². The van der Waals surface area contributed by atoms with E-state index >= 15 is 0 Å². The number of H-pyrrole nitrogens is 2. The number of aromatic amines is 2. The van der Waals surface area contributed by atoms with Crippen molar-refractivity contribution in [2.75, 3.05) is 14.2 Å². The SMILES string of the molecule is COC(=O)N[C@H](C(=O)N1[C@@H]2C[C@@H]2C[C@H]1c1ncc(-c2cc3c4c(c2)OCc2cc(-c5cnc([C@@H]6C[C@H]7C[C@H]7N6C(=O)[C@@H](NC(=O)OC)C(C)C)[nH]5)cc(c2-4)OC3)[nH]1)C(C)C. The molecule has 16 heteroatoms. The Hall–Kier alpha value is -6.06. The summed E-state index contributed by atoms with van der Waals surface area (Å²) >= 11 is 0. The van der Waals surface area contributed by atoms with Crippen LogP contribution >= 0.6 is 0 Å². The van der Waals surface area contributed by atoms with Crippen LogP contribution in [0.1, 0.15) is 88.2 Å². The molecule has 4 aromatic rings. The zero-order valence-corrected chi connectivity index (χ0v) is 34.5. The maximum atomic E-state index is 13.9. The van der Waals surface area contributed by atoms with Crippen LogP contribution in [0.15, 0.2) is 36.7 Å². The molecule has 2 saturated carbocycles. The number of carbonyl (C=O) groups excluding carboxylic acids is 4. The lowest BCUT2D eigenvalue weighted by Gasteiger charge is -2.32. The molecule has 0 unspecified atom stereocenters. The minimum absolute atomic E-state index is 0.118. The highest BCUT2D eigenvalue weighted by molar-refractivity contribution is 5.90. The first kappa shape index (κ1) is 38.2. The first-order valence-electron chi connectivity index (χ1n) is 21.0. The molecular formula is C44H50N8O8. The number of hydrogen-bond donors (Lipinski definition) is 4. The molecule has 2 aromatic heterocycles. The van der Waals surface area contributed by atoms with Crippen LogP contribution in [-0.2, 0) is 32.3 Å². The Morgan fingerprint density at radius 3 is 1.47 bits per heavy atom. The summed E-state index contributed by atoms with van der Waals surface area (Å²) in [6.07, 6.45) is 5.92. The van der Waals surface area contributed by atoms with E-state index in [4.69, 9.17) is 28.9 Å². The van der Waals surface area contributed by atoms with Gasteiger partial charge in [0.25, 0.3) is 0 Å². The minimum Gasteiger partial charge on any atom is -0.488 e. The monoisotopic (exact) mass is 818 g/mol. The summed E-state index contributed by atoms with van der Waals surface area (Å²) in [7, 11) is 2.60. The second-order valence-electron chi connectivity index (χ2n) is 17.8. The average Bonchev–Trinajstić information content (AvgIpc) is 3.82. The molecular weight excluding hydrogens is 769 g/mol. The number of likely N-dealkylation sites (tertiary alicyclic amines) is 2. The van der Waals surface area contributed by atoms with Gasteiger partial charge in [-0.3, -0.25) is 9.59 Å². The smallest absolute Gasteiger partial charge is 0.407 e. The number of piperidine rings is 2. The quantitative estimate of drug-likeness (QED) is 0.148. The lowest BCUT2D eigenvalue weighted by Crippen LogP contribution is -2.52. The Morgan fingerprint density at radius 2 is 1.08 bits per heavy atom. The Labute approximate surface area is 347 Å². The highest BCUT2D eigenvalue weighted by Crippen LogP contribution is 2.55. The Morgan fingerprint density at radius 1 is 0.667 bits per heavy atom. The van der Waals surface area contributed by atoms with E-state index in [2.05, 4.69) is 32.7 Å². The van der Waals surface area contributed by atoms with Gasteiger partial charge in [-0.15, -0.1) is 0 Å². The molecule has 8 atom stereocenters. The summed E-state index contributed by atoms with van der Waals surface area (Å²) in [5, 5.41) is 5.48. The van der Waals surface area contributed by atoms with Crippen LogP contribution in [0, 0.1) is 23.7 Å². The molecule has 0 spiro atoms. The van der Waals surface area contributed by atoms with Crippen LogP contribution in [0.5, 0.6) is 11.5 Å². The van der Waals surface area contributed by atoms with Gasteiger partial charge >= 0.3 is 12.2 Å². The number of aromatic nitrogens is 4. The van der Waals surface area contributed by atoms with Gasteiger partial charge in [0.2, 0.25) is 11.8 Å². The summed E-state index contributed by atoms with van der Waals surface area (Å²) in [6, 6.07) is 6.73. The number of carbonyl (C=O) groups is 4. The highest BCUT2D eigenvalue weighted by atomic mass is 16.5.